The summed E-state index contributed by atoms with van der Waals surface area (Å²) in [7, 11) is 0. The fraction of sp³-hybridized carbons (Fsp3) is 0.273. The van der Waals surface area contributed by atoms with Crippen molar-refractivity contribution in [3.63, 3.8) is 0 Å². The summed E-state index contributed by atoms with van der Waals surface area (Å²) in [5.74, 6) is 0. The largest absolute Gasteiger partial charge is 0.228 e. The van der Waals surface area contributed by atoms with Crippen LogP contribution in [-0.2, 0) is 6.42 Å². The second-order valence-corrected chi connectivity index (χ2v) is 3.21. The summed E-state index contributed by atoms with van der Waals surface area (Å²) < 4.78 is 2.06. The minimum Gasteiger partial charge on any atom is -0.222 e. The second kappa shape index (κ2) is 3.40. The van der Waals surface area contributed by atoms with E-state index >= 15 is 0 Å². The number of rotatable bonds is 1. The van der Waals surface area contributed by atoms with Gasteiger partial charge < -0.3 is 0 Å². The van der Waals surface area contributed by atoms with Gasteiger partial charge in [0.05, 0.1) is 0 Å². The lowest BCUT2D eigenvalue weighted by Gasteiger charge is -2.09. The van der Waals surface area contributed by atoms with Gasteiger partial charge in [-0.25, -0.2) is 4.58 Å². The maximum atomic E-state index is 8.55. The quantitative estimate of drug-likeness (QED) is 0.460. The molecule has 0 saturated carbocycles. The SMILES string of the molecule is N#CC[N+]1=Cc2ccccc2CC1. The maximum Gasteiger partial charge on any atom is 0.228 e. The number of benzene rings is 1. The molecule has 64 valence electrons. The monoisotopic (exact) mass is 171 g/mol. The van der Waals surface area contributed by atoms with Crippen LogP contribution in [-0.4, -0.2) is 23.9 Å². The molecule has 0 bridgehead atoms. The molecule has 0 aliphatic carbocycles. The topological polar surface area (TPSA) is 26.8 Å². The van der Waals surface area contributed by atoms with Crippen LogP contribution in [0, 0.1) is 11.3 Å². The minimum absolute atomic E-state index is 0.494. The molecular weight excluding hydrogens is 160 g/mol. The first-order valence-electron chi connectivity index (χ1n) is 4.44. The van der Waals surface area contributed by atoms with Crippen LogP contribution in [0.2, 0.25) is 0 Å². The van der Waals surface area contributed by atoms with Crippen LogP contribution >= 0.6 is 0 Å². The number of fused-ring (bicyclic) bond motifs is 1. The summed E-state index contributed by atoms with van der Waals surface area (Å²) in [5.41, 5.74) is 2.64. The Morgan fingerprint density at radius 1 is 1.38 bits per heavy atom. The highest BCUT2D eigenvalue weighted by molar-refractivity contribution is 5.78. The molecule has 1 aromatic carbocycles. The van der Waals surface area contributed by atoms with Crippen LogP contribution in [0.1, 0.15) is 11.1 Å². The smallest absolute Gasteiger partial charge is 0.222 e. The summed E-state index contributed by atoms with van der Waals surface area (Å²) in [6.45, 7) is 1.46. The van der Waals surface area contributed by atoms with E-state index in [1.165, 1.54) is 11.1 Å². The van der Waals surface area contributed by atoms with Gasteiger partial charge in [0, 0.05) is 12.0 Å². The summed E-state index contributed by atoms with van der Waals surface area (Å²) in [4.78, 5) is 0. The van der Waals surface area contributed by atoms with Crippen molar-refractivity contribution in [1.82, 2.24) is 0 Å². The second-order valence-electron chi connectivity index (χ2n) is 3.21. The van der Waals surface area contributed by atoms with Gasteiger partial charge in [0.2, 0.25) is 6.54 Å². The van der Waals surface area contributed by atoms with E-state index in [-0.39, 0.29) is 0 Å². The van der Waals surface area contributed by atoms with Crippen molar-refractivity contribution in [2.24, 2.45) is 0 Å². The Kier molecular flexibility index (Phi) is 2.09. The molecule has 1 aromatic rings. The molecule has 0 aromatic heterocycles. The summed E-state index contributed by atoms with van der Waals surface area (Å²) >= 11 is 0. The van der Waals surface area contributed by atoms with Gasteiger partial charge in [-0.05, 0) is 11.6 Å². The van der Waals surface area contributed by atoms with Gasteiger partial charge in [0.25, 0.3) is 0 Å². The average molecular weight is 171 g/mol. The molecule has 2 nitrogen and oxygen atoms in total. The van der Waals surface area contributed by atoms with E-state index < -0.39 is 0 Å². The van der Waals surface area contributed by atoms with Crippen LogP contribution in [0.15, 0.2) is 24.3 Å². The zero-order valence-corrected chi connectivity index (χ0v) is 7.40. The van der Waals surface area contributed by atoms with Gasteiger partial charge in [0.15, 0.2) is 6.21 Å². The van der Waals surface area contributed by atoms with Crippen molar-refractivity contribution in [3.05, 3.63) is 35.4 Å². The Bertz CT molecular complexity index is 385. The summed E-state index contributed by atoms with van der Waals surface area (Å²) in [6.07, 6.45) is 3.12. The molecule has 2 rings (SSSR count). The van der Waals surface area contributed by atoms with Gasteiger partial charge in [0.1, 0.15) is 12.6 Å². The van der Waals surface area contributed by atoms with Gasteiger partial charge in [-0.15, -0.1) is 0 Å². The average Bonchev–Trinajstić information content (AvgIpc) is 2.18. The lowest BCUT2D eigenvalue weighted by Crippen LogP contribution is -2.22. The van der Waals surface area contributed by atoms with Gasteiger partial charge in [-0.1, -0.05) is 18.2 Å². The number of nitrogens with zero attached hydrogens (tertiary/aromatic N) is 2. The van der Waals surface area contributed by atoms with E-state index in [0.717, 1.165) is 13.0 Å². The third-order valence-corrected chi connectivity index (χ3v) is 2.32. The molecule has 0 fully saturated rings. The highest BCUT2D eigenvalue weighted by atomic mass is 15.0. The number of nitriles is 1. The first-order valence-corrected chi connectivity index (χ1v) is 4.44. The standard InChI is InChI=1S/C11H11N2/c12-6-8-13-7-5-10-3-1-2-4-11(10)9-13/h1-4,9H,5,7-8H2/q+1. The van der Waals surface area contributed by atoms with Crippen LogP contribution in [0.4, 0.5) is 0 Å². The Morgan fingerprint density at radius 2 is 2.23 bits per heavy atom. The first kappa shape index (κ1) is 8.00. The van der Waals surface area contributed by atoms with Crippen molar-refractivity contribution in [2.75, 3.05) is 13.1 Å². The minimum atomic E-state index is 0.494. The Hall–Kier alpha value is -1.62. The van der Waals surface area contributed by atoms with Gasteiger partial charge in [-0.3, -0.25) is 0 Å². The van der Waals surface area contributed by atoms with E-state index in [0.29, 0.717) is 6.54 Å². The van der Waals surface area contributed by atoms with Crippen LogP contribution in [0.3, 0.4) is 0 Å². The number of hydrogen-bond donors (Lipinski definition) is 0. The lowest BCUT2D eigenvalue weighted by molar-refractivity contribution is -0.511. The molecule has 0 atom stereocenters. The molecule has 1 aliphatic heterocycles. The molecule has 0 saturated heterocycles. The lowest BCUT2D eigenvalue weighted by atomic mass is 10.0. The number of hydrogen-bond acceptors (Lipinski definition) is 1. The zero-order chi connectivity index (χ0) is 9.10. The van der Waals surface area contributed by atoms with E-state index in [9.17, 15) is 0 Å². The zero-order valence-electron chi connectivity index (χ0n) is 7.40. The fourth-order valence-electron chi connectivity index (χ4n) is 1.63. The molecule has 0 unspecified atom stereocenters. The Labute approximate surface area is 77.7 Å². The first-order chi connectivity index (χ1) is 6.40. The third-order valence-electron chi connectivity index (χ3n) is 2.32. The molecule has 13 heavy (non-hydrogen) atoms. The fourth-order valence-corrected chi connectivity index (χ4v) is 1.63. The molecule has 1 heterocycles. The summed E-state index contributed by atoms with van der Waals surface area (Å²) in [6, 6.07) is 10.5. The molecule has 2 heteroatoms. The van der Waals surface area contributed by atoms with Crippen LogP contribution < -0.4 is 0 Å². The molecule has 1 aliphatic rings. The molecule has 0 spiro atoms. The van der Waals surface area contributed by atoms with Crippen molar-refractivity contribution in [1.29, 1.82) is 5.26 Å². The highest BCUT2D eigenvalue weighted by Crippen LogP contribution is 2.10. The van der Waals surface area contributed by atoms with Gasteiger partial charge in [-0.2, -0.15) is 5.26 Å². The van der Waals surface area contributed by atoms with Crippen molar-refractivity contribution >= 4 is 6.21 Å². The van der Waals surface area contributed by atoms with Crippen LogP contribution in [0.5, 0.6) is 0 Å². The van der Waals surface area contributed by atoms with Crippen molar-refractivity contribution in [2.45, 2.75) is 6.42 Å². The van der Waals surface area contributed by atoms with E-state index in [2.05, 4.69) is 35.1 Å². The highest BCUT2D eigenvalue weighted by Gasteiger charge is 2.13. The molecule has 0 amide bonds. The van der Waals surface area contributed by atoms with Gasteiger partial charge >= 0.3 is 0 Å². The normalized spacial score (nSPS) is 14.2. The van der Waals surface area contributed by atoms with Crippen molar-refractivity contribution < 1.29 is 4.58 Å². The summed E-state index contributed by atoms with van der Waals surface area (Å²) in [5, 5.41) is 8.55. The maximum absolute atomic E-state index is 8.55. The van der Waals surface area contributed by atoms with E-state index in [1.54, 1.807) is 0 Å². The van der Waals surface area contributed by atoms with Crippen LogP contribution in [0.25, 0.3) is 0 Å². The predicted octanol–water partition coefficient (Wildman–Crippen LogP) is 1.20. The Balaban J connectivity index is 2.34. The third kappa shape index (κ3) is 1.59. The van der Waals surface area contributed by atoms with E-state index in [1.807, 2.05) is 6.07 Å². The van der Waals surface area contributed by atoms with Crippen molar-refractivity contribution in [3.8, 4) is 6.07 Å². The molecule has 0 radical (unpaired) electrons. The molecule has 0 N–H and O–H groups in total. The predicted molar refractivity (Wildman–Crippen MR) is 50.9 cm³/mol. The molecular formula is C11H11N2+. The Morgan fingerprint density at radius 3 is 3.08 bits per heavy atom. The van der Waals surface area contributed by atoms with E-state index in [4.69, 9.17) is 5.26 Å².